The molecule has 0 aliphatic heterocycles. The van der Waals surface area contributed by atoms with Crippen LogP contribution in [-0.2, 0) is 49.0 Å². The van der Waals surface area contributed by atoms with Crippen LogP contribution in [0.4, 0.5) is 0 Å². The molecule has 0 aromatic heterocycles. The van der Waals surface area contributed by atoms with Crippen LogP contribution in [0.2, 0.25) is 0 Å². The molecule has 0 N–H and O–H groups in total. The van der Waals surface area contributed by atoms with Crippen LogP contribution < -0.4 is 40.2 Å². The van der Waals surface area contributed by atoms with Crippen LogP contribution in [0.1, 0.15) is 0 Å². The van der Waals surface area contributed by atoms with E-state index in [1.165, 1.54) is 0 Å². The summed E-state index contributed by atoms with van der Waals surface area (Å²) in [4.78, 5) is 0. The maximum Gasteiger partial charge on any atom is 0.118 e. The van der Waals surface area contributed by atoms with E-state index in [0.29, 0.717) is 0 Å². The van der Waals surface area contributed by atoms with Crippen LogP contribution in [-0.4, -0.2) is 46.0 Å². The smallest absolute Gasteiger partial charge is 0.118 e. The van der Waals surface area contributed by atoms with Crippen molar-refractivity contribution >= 4 is 115 Å². The summed E-state index contributed by atoms with van der Waals surface area (Å²) in [6.45, 7) is -3.11. The van der Waals surface area contributed by atoms with Crippen LogP contribution in [0.3, 0.4) is 0 Å². The van der Waals surface area contributed by atoms with Gasteiger partial charge in [-0.2, -0.15) is 0 Å². The van der Waals surface area contributed by atoms with Gasteiger partial charge in [0.1, 0.15) is 23.0 Å². The third-order valence-corrected chi connectivity index (χ3v) is 24.1. The fraction of sp³-hybridized carbons (Fsp3) is 0.143. The van der Waals surface area contributed by atoms with Gasteiger partial charge in [0.25, 0.3) is 0 Å². The Morgan fingerprint density at radius 1 is 0.341 bits per heavy atom. The van der Waals surface area contributed by atoms with Crippen molar-refractivity contribution in [3.8, 4) is 23.0 Å². The van der Waals surface area contributed by atoms with E-state index in [1.807, 2.05) is 97.1 Å². The first-order chi connectivity index (χ1) is 19.3. The maximum atomic E-state index is 5.67. The number of hydrogen-bond acceptors (Lipinski definition) is 8. The van der Waals surface area contributed by atoms with Crippen LogP contribution in [0.5, 0.6) is 23.0 Å². The summed E-state index contributed by atoms with van der Waals surface area (Å²) in [7, 11) is 6.62. The minimum Gasteiger partial charge on any atom is -0.751 e. The van der Waals surface area contributed by atoms with Gasteiger partial charge in [-0.15, -0.1) is 0 Å². The number of ether oxygens (including phenoxy) is 4. The van der Waals surface area contributed by atoms with Gasteiger partial charge in [-0.25, -0.2) is 27.2 Å². The second kappa shape index (κ2) is 19.2. The monoisotopic (exact) mass is 754 g/mol. The topological polar surface area (TPSA) is 36.9 Å². The van der Waals surface area contributed by atoms with Crippen molar-refractivity contribution in [2.24, 2.45) is 0 Å². The van der Waals surface area contributed by atoms with Crippen molar-refractivity contribution < 1.29 is 18.9 Å². The number of hydrogen-bond donors (Lipinski definition) is 0. The van der Waals surface area contributed by atoms with Crippen molar-refractivity contribution in [3.63, 3.8) is 0 Å². The molecule has 4 nitrogen and oxygen atoms in total. The molecule has 0 heterocycles. The molecule has 216 valence electrons. The summed E-state index contributed by atoms with van der Waals surface area (Å²) in [5.41, 5.74) is 0. The van der Waals surface area contributed by atoms with E-state index in [2.05, 4.69) is 0 Å². The second-order valence-electron chi connectivity index (χ2n) is 7.88. The van der Waals surface area contributed by atoms with Crippen LogP contribution in [0.15, 0.2) is 97.1 Å². The van der Waals surface area contributed by atoms with Gasteiger partial charge < -0.3 is 67.9 Å². The molecule has 0 saturated carbocycles. The summed E-state index contributed by atoms with van der Waals surface area (Å²) >= 11 is 22.7. The minimum atomic E-state index is -0.778. The SMILES string of the molecule is COc1ccc(P([S-])P([S-])c2ccc(OC)cc2)cc1.COc1ccc(P([S-])P([S-])c2ccc(OC)cc2)cc1.[Ge]. The molecule has 4 atom stereocenters. The van der Waals surface area contributed by atoms with Gasteiger partial charge in [0.2, 0.25) is 0 Å². The normalized spacial score (nSPS) is 13.3. The first-order valence-corrected chi connectivity index (χ1v) is 22.6. The number of methoxy groups -OCH3 is 4. The Kier molecular flexibility index (Phi) is 17.3. The van der Waals surface area contributed by atoms with Crippen LogP contribution in [0, 0.1) is 0 Å². The Morgan fingerprint density at radius 3 is 0.610 bits per heavy atom. The molecule has 0 saturated heterocycles. The summed E-state index contributed by atoms with van der Waals surface area (Å²) in [6.07, 6.45) is 0. The fourth-order valence-corrected chi connectivity index (χ4v) is 14.7. The average molecular weight is 753 g/mol. The maximum absolute atomic E-state index is 5.67. The summed E-state index contributed by atoms with van der Waals surface area (Å²) in [5.74, 6) is 3.35. The van der Waals surface area contributed by atoms with Gasteiger partial charge in [0.05, 0.1) is 28.4 Å². The molecule has 4 unspecified atom stereocenters. The van der Waals surface area contributed by atoms with E-state index in [4.69, 9.17) is 67.9 Å². The van der Waals surface area contributed by atoms with Crippen molar-refractivity contribution in [2.75, 3.05) is 28.4 Å². The van der Waals surface area contributed by atoms with Gasteiger partial charge >= 0.3 is 0 Å². The number of rotatable bonds is 10. The third-order valence-electron chi connectivity index (χ3n) is 5.50. The van der Waals surface area contributed by atoms with Gasteiger partial charge in [-0.1, -0.05) is 48.5 Å². The summed E-state index contributed by atoms with van der Waals surface area (Å²) in [5, 5.41) is 4.53. The first kappa shape index (κ1) is 36.9. The van der Waals surface area contributed by atoms with Crippen molar-refractivity contribution in [1.82, 2.24) is 0 Å². The zero-order valence-electron chi connectivity index (χ0n) is 22.8. The molecular weight excluding hydrogens is 725 g/mol. The minimum absolute atomic E-state index is 0. The fourth-order valence-electron chi connectivity index (χ4n) is 3.26. The molecule has 0 aliphatic rings. The molecule has 4 aromatic rings. The van der Waals surface area contributed by atoms with Crippen molar-refractivity contribution in [3.05, 3.63) is 97.1 Å². The van der Waals surface area contributed by atoms with Gasteiger partial charge in [0, 0.05) is 17.6 Å². The molecule has 0 spiro atoms. The predicted octanol–water partition coefficient (Wildman–Crippen LogP) is 6.53. The van der Waals surface area contributed by atoms with Gasteiger partial charge in [0.15, 0.2) is 0 Å². The van der Waals surface area contributed by atoms with Crippen LogP contribution >= 0.6 is 27.2 Å². The zero-order valence-corrected chi connectivity index (χ0v) is 31.7. The molecule has 4 rings (SSSR count). The summed E-state index contributed by atoms with van der Waals surface area (Å²) in [6, 6.07) is 31.6. The van der Waals surface area contributed by atoms with E-state index >= 15 is 0 Å². The Balaban J connectivity index is 0.000000280. The molecule has 0 bridgehead atoms. The summed E-state index contributed by atoms with van der Waals surface area (Å²) < 4.78 is 20.6. The average Bonchev–Trinajstić information content (AvgIpc) is 3.03. The Morgan fingerprint density at radius 2 is 0.488 bits per heavy atom. The molecule has 41 heavy (non-hydrogen) atoms. The predicted molar refractivity (Wildman–Crippen MR) is 193 cm³/mol. The quantitative estimate of drug-likeness (QED) is 0.103. The molecular formula is C28H28GeO4P4S4-4. The molecule has 0 fully saturated rings. The van der Waals surface area contributed by atoms with E-state index in [9.17, 15) is 0 Å². The van der Waals surface area contributed by atoms with Gasteiger partial charge in [-0.3, -0.25) is 0 Å². The number of benzene rings is 4. The standard InChI is InChI=1S/2C14H14O2P2S2.Ge/c2*1-15-11-3-7-13(8-4-11)17(19)18(20)14-9-5-12(16-2)6-10-14;/h2*3-10H,1-2H3;/q2*-2;. The van der Waals surface area contributed by atoms with Crippen molar-refractivity contribution in [2.45, 2.75) is 0 Å². The molecule has 13 heteroatoms. The van der Waals surface area contributed by atoms with E-state index in [1.54, 1.807) is 28.4 Å². The van der Waals surface area contributed by atoms with Gasteiger partial charge in [-0.05, 0) is 69.7 Å². The second-order valence-corrected chi connectivity index (χ2v) is 24.6. The Labute approximate surface area is 280 Å². The Hall–Kier alpha value is -0.257. The molecule has 4 radical (unpaired) electrons. The van der Waals surface area contributed by atoms with E-state index < -0.39 is 27.2 Å². The third kappa shape index (κ3) is 11.0. The Bertz CT molecular complexity index is 1100. The molecule has 0 amide bonds. The molecule has 4 aromatic carbocycles. The van der Waals surface area contributed by atoms with E-state index in [-0.39, 0.29) is 17.6 Å². The first-order valence-electron chi connectivity index (χ1n) is 11.8. The molecule has 0 aliphatic carbocycles. The van der Waals surface area contributed by atoms with Crippen LogP contribution in [0.25, 0.3) is 0 Å². The zero-order chi connectivity index (χ0) is 29.1. The largest absolute Gasteiger partial charge is 0.751 e. The van der Waals surface area contributed by atoms with Crippen molar-refractivity contribution in [1.29, 1.82) is 0 Å². The van der Waals surface area contributed by atoms with E-state index in [0.717, 1.165) is 44.2 Å².